The van der Waals surface area contributed by atoms with Gasteiger partial charge in [-0.2, -0.15) is 5.26 Å². The van der Waals surface area contributed by atoms with E-state index in [1.54, 1.807) is 11.0 Å². The Labute approximate surface area is 136 Å². The zero-order valence-corrected chi connectivity index (χ0v) is 13.9. The van der Waals surface area contributed by atoms with Gasteiger partial charge in [-0.3, -0.25) is 4.79 Å². The van der Waals surface area contributed by atoms with Crippen LogP contribution in [0.2, 0.25) is 0 Å². The number of anilines is 1. The van der Waals surface area contributed by atoms with E-state index in [1.165, 1.54) is 23.1 Å². The Kier molecular flexibility index (Phi) is 4.18. The van der Waals surface area contributed by atoms with Crippen LogP contribution >= 0.6 is 23.1 Å². The van der Waals surface area contributed by atoms with E-state index in [0.717, 1.165) is 28.9 Å². The van der Waals surface area contributed by atoms with Crippen molar-refractivity contribution in [2.45, 2.75) is 37.2 Å². The first-order valence-corrected chi connectivity index (χ1v) is 8.77. The molecule has 1 aliphatic rings. The molecule has 22 heavy (non-hydrogen) atoms. The first kappa shape index (κ1) is 15.1. The molecule has 0 aromatic carbocycles. The van der Waals surface area contributed by atoms with Crippen LogP contribution in [0, 0.1) is 18.3 Å². The Morgan fingerprint density at radius 3 is 3.09 bits per heavy atom. The number of amides is 1. The van der Waals surface area contributed by atoms with Gasteiger partial charge in [0.25, 0.3) is 0 Å². The summed E-state index contributed by atoms with van der Waals surface area (Å²) >= 11 is 2.90. The summed E-state index contributed by atoms with van der Waals surface area (Å²) in [5.41, 5.74) is 0.566. The summed E-state index contributed by atoms with van der Waals surface area (Å²) in [4.78, 5) is 14.4. The molecular weight excluding hydrogens is 318 g/mol. The van der Waals surface area contributed by atoms with Crippen molar-refractivity contribution in [3.05, 3.63) is 22.8 Å². The molecule has 3 heterocycles. The monoisotopic (exact) mass is 333 g/mol. The average Bonchev–Trinajstić information content (AvgIpc) is 3.20. The van der Waals surface area contributed by atoms with Crippen LogP contribution in [0.1, 0.15) is 24.7 Å². The van der Waals surface area contributed by atoms with Gasteiger partial charge in [-0.05, 0) is 31.7 Å². The van der Waals surface area contributed by atoms with Gasteiger partial charge in [0.15, 0.2) is 5.16 Å². The summed E-state index contributed by atoms with van der Waals surface area (Å²) in [6.45, 7) is 5.38. The molecule has 1 aliphatic heterocycles. The number of carbonyl (C=O) groups excluding carboxylic acids is 1. The van der Waals surface area contributed by atoms with E-state index in [1.807, 2.05) is 23.8 Å². The van der Waals surface area contributed by atoms with Gasteiger partial charge >= 0.3 is 0 Å². The van der Waals surface area contributed by atoms with Gasteiger partial charge in [-0.1, -0.05) is 11.8 Å². The Bertz CT molecular complexity index is 745. The van der Waals surface area contributed by atoms with Crippen molar-refractivity contribution >= 4 is 34.0 Å². The van der Waals surface area contributed by atoms with Crippen LogP contribution in [0.4, 0.5) is 5.00 Å². The number of hydrogen-bond donors (Lipinski definition) is 0. The highest BCUT2D eigenvalue weighted by Crippen LogP contribution is 2.36. The maximum Gasteiger partial charge on any atom is 0.241 e. The quantitative estimate of drug-likeness (QED) is 0.859. The molecular formula is C14H15N5OS2. The van der Waals surface area contributed by atoms with Gasteiger partial charge in [0.1, 0.15) is 16.9 Å². The minimum absolute atomic E-state index is 0.0484. The number of nitrogens with zero attached hydrogens (tertiary/aromatic N) is 5. The second-order valence-electron chi connectivity index (χ2n) is 4.91. The van der Waals surface area contributed by atoms with Gasteiger partial charge in [-0.15, -0.1) is 21.5 Å². The molecule has 0 bridgehead atoms. The Balaban J connectivity index is 1.78. The van der Waals surface area contributed by atoms with Crippen LogP contribution in [0.3, 0.4) is 0 Å². The first-order valence-electron chi connectivity index (χ1n) is 7.01. The van der Waals surface area contributed by atoms with E-state index >= 15 is 0 Å². The normalized spacial score (nSPS) is 18.0. The van der Waals surface area contributed by atoms with Crippen LogP contribution in [-0.4, -0.2) is 32.5 Å². The van der Waals surface area contributed by atoms with E-state index in [0.29, 0.717) is 12.1 Å². The average molecular weight is 333 g/mol. The highest BCUT2D eigenvalue weighted by molar-refractivity contribution is 8.00. The molecule has 0 N–H and O–H groups in total. The zero-order valence-electron chi connectivity index (χ0n) is 12.3. The third-order valence-corrected chi connectivity index (χ3v) is 5.80. The number of nitriles is 1. The van der Waals surface area contributed by atoms with Crippen LogP contribution in [0.25, 0.3) is 0 Å². The van der Waals surface area contributed by atoms with E-state index in [4.69, 9.17) is 5.26 Å². The molecule has 1 atom stereocenters. The van der Waals surface area contributed by atoms with E-state index in [-0.39, 0.29) is 11.2 Å². The molecule has 3 rings (SSSR count). The number of aromatic nitrogens is 3. The molecule has 2 aromatic heterocycles. The fourth-order valence-electron chi connectivity index (χ4n) is 2.50. The molecule has 0 radical (unpaired) electrons. The lowest BCUT2D eigenvalue weighted by atomic mass is 10.3. The predicted molar refractivity (Wildman–Crippen MR) is 86.1 cm³/mol. The van der Waals surface area contributed by atoms with E-state index in [2.05, 4.69) is 16.3 Å². The van der Waals surface area contributed by atoms with Crippen molar-refractivity contribution in [2.75, 3.05) is 11.4 Å². The van der Waals surface area contributed by atoms with E-state index < -0.39 is 0 Å². The summed E-state index contributed by atoms with van der Waals surface area (Å²) in [7, 11) is 0. The SMILES string of the molecule is CCn1c(C)nnc1SC1CCN(c2sccc2C#N)C1=O. The van der Waals surface area contributed by atoms with Crippen LogP contribution in [0.5, 0.6) is 0 Å². The molecule has 1 saturated heterocycles. The third kappa shape index (κ3) is 2.51. The minimum Gasteiger partial charge on any atom is -0.307 e. The summed E-state index contributed by atoms with van der Waals surface area (Å²) in [5, 5.41) is 20.6. The number of aryl methyl sites for hydroxylation is 1. The largest absolute Gasteiger partial charge is 0.307 e. The zero-order chi connectivity index (χ0) is 15.7. The molecule has 1 fully saturated rings. The van der Waals surface area contributed by atoms with Gasteiger partial charge in [0.2, 0.25) is 5.91 Å². The fraction of sp³-hybridized carbons (Fsp3) is 0.429. The predicted octanol–water partition coefficient (Wildman–Crippen LogP) is 2.44. The van der Waals surface area contributed by atoms with Gasteiger partial charge in [-0.25, -0.2) is 0 Å². The van der Waals surface area contributed by atoms with Gasteiger partial charge in [0.05, 0.1) is 10.8 Å². The topological polar surface area (TPSA) is 74.8 Å². The number of carbonyl (C=O) groups is 1. The summed E-state index contributed by atoms with van der Waals surface area (Å²) < 4.78 is 2.01. The minimum atomic E-state index is -0.164. The molecule has 2 aromatic rings. The maximum atomic E-state index is 12.6. The third-order valence-electron chi connectivity index (χ3n) is 3.63. The number of hydrogen-bond acceptors (Lipinski definition) is 6. The Morgan fingerprint density at radius 2 is 2.36 bits per heavy atom. The molecule has 0 saturated carbocycles. The molecule has 114 valence electrons. The highest BCUT2D eigenvalue weighted by Gasteiger charge is 2.36. The standard InChI is InChI=1S/C14H15N5OS2/c1-3-18-9(2)16-17-14(18)22-11-4-6-19(12(11)20)13-10(8-15)5-7-21-13/h5,7,11H,3-4,6H2,1-2H3. The lowest BCUT2D eigenvalue weighted by Crippen LogP contribution is -2.28. The molecule has 8 heteroatoms. The van der Waals surface area contributed by atoms with Crippen LogP contribution in [0.15, 0.2) is 16.6 Å². The first-order chi connectivity index (χ1) is 10.7. The van der Waals surface area contributed by atoms with Crippen molar-refractivity contribution in [1.29, 1.82) is 5.26 Å². The molecule has 0 spiro atoms. The number of thiophene rings is 1. The Hall–Kier alpha value is -1.85. The van der Waals surface area contributed by atoms with Crippen LogP contribution < -0.4 is 4.90 Å². The second kappa shape index (κ2) is 6.10. The number of thioether (sulfide) groups is 1. The lowest BCUT2D eigenvalue weighted by molar-refractivity contribution is -0.116. The van der Waals surface area contributed by atoms with Crippen molar-refractivity contribution in [1.82, 2.24) is 14.8 Å². The van der Waals surface area contributed by atoms with E-state index in [9.17, 15) is 4.79 Å². The van der Waals surface area contributed by atoms with Crippen molar-refractivity contribution in [3.8, 4) is 6.07 Å². The second-order valence-corrected chi connectivity index (χ2v) is 6.97. The highest BCUT2D eigenvalue weighted by atomic mass is 32.2. The molecule has 0 aliphatic carbocycles. The van der Waals surface area contributed by atoms with Gasteiger partial charge < -0.3 is 9.47 Å². The molecule has 1 unspecified atom stereocenters. The van der Waals surface area contributed by atoms with Crippen molar-refractivity contribution < 1.29 is 4.79 Å². The van der Waals surface area contributed by atoms with Crippen LogP contribution in [-0.2, 0) is 11.3 Å². The molecule has 1 amide bonds. The fourth-order valence-corrected chi connectivity index (χ4v) is 4.56. The number of rotatable bonds is 4. The smallest absolute Gasteiger partial charge is 0.241 e. The summed E-state index contributed by atoms with van der Waals surface area (Å²) in [6.07, 6.45) is 0.752. The summed E-state index contributed by atoms with van der Waals surface area (Å²) in [6, 6.07) is 3.90. The molecule has 6 nitrogen and oxygen atoms in total. The maximum absolute atomic E-state index is 12.6. The summed E-state index contributed by atoms with van der Waals surface area (Å²) in [5.74, 6) is 0.907. The van der Waals surface area contributed by atoms with Gasteiger partial charge in [0, 0.05) is 13.1 Å². The Morgan fingerprint density at radius 1 is 1.55 bits per heavy atom. The van der Waals surface area contributed by atoms with Crippen molar-refractivity contribution in [3.63, 3.8) is 0 Å². The lowest BCUT2D eigenvalue weighted by Gasteiger charge is -2.15. The van der Waals surface area contributed by atoms with Crippen molar-refractivity contribution in [2.24, 2.45) is 0 Å².